The van der Waals surface area contributed by atoms with Gasteiger partial charge in [0, 0.05) is 6.20 Å². The maximum atomic E-state index is 4.94. The molecule has 4 heteroatoms. The summed E-state index contributed by atoms with van der Waals surface area (Å²) in [6.07, 6.45) is 8.11. The van der Waals surface area contributed by atoms with Crippen molar-refractivity contribution in [1.82, 2.24) is 4.98 Å². The highest BCUT2D eigenvalue weighted by Crippen LogP contribution is 2.38. The first-order valence-electron chi connectivity index (χ1n) is 8.17. The molecule has 4 nitrogen and oxygen atoms in total. The number of rotatable bonds is 2. The third kappa shape index (κ3) is 2.39. The Bertz CT molecular complexity index is 665. The van der Waals surface area contributed by atoms with Crippen molar-refractivity contribution in [3.8, 4) is 0 Å². The molecule has 4 rings (SSSR count). The molecule has 0 atom stereocenters. The van der Waals surface area contributed by atoms with Crippen LogP contribution in [0.3, 0.4) is 0 Å². The number of hydrogen-bond acceptors (Lipinski definition) is 2. The summed E-state index contributed by atoms with van der Waals surface area (Å²) >= 11 is 0. The van der Waals surface area contributed by atoms with Crippen LogP contribution in [0.15, 0.2) is 47.6 Å². The molecule has 3 N–H and O–H groups in total. The van der Waals surface area contributed by atoms with Crippen LogP contribution in [0.5, 0.6) is 0 Å². The summed E-state index contributed by atoms with van der Waals surface area (Å²) in [5.74, 6) is 2.20. The molecule has 1 aromatic heterocycles. The van der Waals surface area contributed by atoms with E-state index in [9.17, 15) is 0 Å². The first-order chi connectivity index (χ1) is 10.9. The summed E-state index contributed by atoms with van der Waals surface area (Å²) in [5.41, 5.74) is 2.33. The topological polar surface area (TPSA) is 52.2 Å². The molecule has 2 heterocycles. The van der Waals surface area contributed by atoms with Gasteiger partial charge < -0.3 is 15.6 Å². The van der Waals surface area contributed by atoms with Gasteiger partial charge >= 0.3 is 0 Å². The number of aromatic amines is 1. The maximum absolute atomic E-state index is 4.94. The maximum Gasteiger partial charge on any atom is 0.128 e. The van der Waals surface area contributed by atoms with E-state index in [4.69, 9.17) is 4.99 Å². The average molecular weight is 294 g/mol. The predicted octanol–water partition coefficient (Wildman–Crippen LogP) is 4.15. The van der Waals surface area contributed by atoms with Crippen molar-refractivity contribution in [3.05, 3.63) is 48.2 Å². The highest BCUT2D eigenvalue weighted by Gasteiger charge is 2.41. The number of aromatic nitrogens is 1. The molecule has 2 aliphatic rings. The van der Waals surface area contributed by atoms with Crippen LogP contribution in [-0.2, 0) is 6.54 Å². The third-order valence-corrected chi connectivity index (χ3v) is 4.79. The fourth-order valence-electron chi connectivity index (χ4n) is 3.58. The normalized spacial score (nSPS) is 21.2. The number of fused-ring (bicyclic) bond motifs is 1. The van der Waals surface area contributed by atoms with Crippen LogP contribution in [0.1, 0.15) is 37.7 Å². The lowest BCUT2D eigenvalue weighted by Crippen LogP contribution is -2.53. The van der Waals surface area contributed by atoms with Crippen LogP contribution < -0.4 is 10.6 Å². The number of nitrogens with zero attached hydrogens (tertiary/aromatic N) is 1. The van der Waals surface area contributed by atoms with E-state index in [0.717, 1.165) is 36.7 Å². The number of H-pyrrole nitrogens is 1. The number of nitrogens with one attached hydrogen (secondary N) is 3. The number of amidine groups is 1. The van der Waals surface area contributed by atoms with Gasteiger partial charge in [0.25, 0.3) is 0 Å². The summed E-state index contributed by atoms with van der Waals surface area (Å²) < 4.78 is 0. The van der Waals surface area contributed by atoms with Crippen molar-refractivity contribution in [2.75, 3.05) is 10.6 Å². The largest absolute Gasteiger partial charge is 0.357 e. The van der Waals surface area contributed by atoms with Gasteiger partial charge in [-0.25, -0.2) is 0 Å². The molecule has 1 aliphatic heterocycles. The number of benzene rings is 1. The van der Waals surface area contributed by atoms with E-state index in [1.54, 1.807) is 0 Å². The molecule has 1 aliphatic carbocycles. The number of anilines is 2. The van der Waals surface area contributed by atoms with Gasteiger partial charge in [0.15, 0.2) is 0 Å². The molecule has 1 aromatic carbocycles. The van der Waals surface area contributed by atoms with Crippen LogP contribution in [-0.4, -0.2) is 16.4 Å². The van der Waals surface area contributed by atoms with E-state index in [0.29, 0.717) is 0 Å². The van der Waals surface area contributed by atoms with E-state index in [1.807, 2.05) is 12.3 Å². The second kappa shape index (κ2) is 5.52. The Kier molecular flexibility index (Phi) is 3.37. The lowest BCUT2D eigenvalue weighted by Gasteiger charge is -2.42. The van der Waals surface area contributed by atoms with Gasteiger partial charge in [-0.1, -0.05) is 49.6 Å². The summed E-state index contributed by atoms with van der Waals surface area (Å²) in [6, 6.07) is 12.5. The van der Waals surface area contributed by atoms with E-state index in [1.165, 1.54) is 24.8 Å². The van der Waals surface area contributed by atoms with Gasteiger partial charge in [-0.05, 0) is 24.5 Å². The molecule has 0 saturated heterocycles. The SMILES string of the molecule is c1ccc(CN=C2Nc3cc[nH]c3NC23CCCCC3)cc1. The fraction of sp³-hybridized carbons (Fsp3) is 0.389. The molecule has 2 aromatic rings. The lowest BCUT2D eigenvalue weighted by molar-refractivity contribution is 0.402. The third-order valence-electron chi connectivity index (χ3n) is 4.79. The van der Waals surface area contributed by atoms with Gasteiger partial charge in [0.2, 0.25) is 0 Å². The van der Waals surface area contributed by atoms with Crippen LogP contribution in [0.25, 0.3) is 0 Å². The van der Waals surface area contributed by atoms with E-state index in [2.05, 4.69) is 45.9 Å². The fourth-order valence-corrected chi connectivity index (χ4v) is 3.58. The predicted molar refractivity (Wildman–Crippen MR) is 91.4 cm³/mol. The zero-order valence-corrected chi connectivity index (χ0v) is 12.7. The quantitative estimate of drug-likeness (QED) is 0.779. The van der Waals surface area contributed by atoms with E-state index >= 15 is 0 Å². The molecule has 1 fully saturated rings. The number of aliphatic imine (C=N–C) groups is 1. The monoisotopic (exact) mass is 294 g/mol. The van der Waals surface area contributed by atoms with Gasteiger partial charge in [-0.15, -0.1) is 0 Å². The molecule has 0 radical (unpaired) electrons. The first kappa shape index (κ1) is 13.4. The van der Waals surface area contributed by atoms with Crippen molar-refractivity contribution in [3.63, 3.8) is 0 Å². The molecule has 0 bridgehead atoms. The van der Waals surface area contributed by atoms with Crippen molar-refractivity contribution in [2.24, 2.45) is 4.99 Å². The Labute approximate surface area is 131 Å². The Morgan fingerprint density at radius 1 is 1.00 bits per heavy atom. The highest BCUT2D eigenvalue weighted by atomic mass is 15.2. The van der Waals surface area contributed by atoms with Gasteiger partial charge in [-0.3, -0.25) is 4.99 Å². The molecule has 22 heavy (non-hydrogen) atoms. The minimum absolute atomic E-state index is 0.0229. The van der Waals surface area contributed by atoms with Crippen molar-refractivity contribution >= 4 is 17.3 Å². The van der Waals surface area contributed by atoms with E-state index in [-0.39, 0.29) is 5.54 Å². The van der Waals surface area contributed by atoms with Crippen LogP contribution in [0.2, 0.25) is 0 Å². The Hall–Kier alpha value is -2.23. The Balaban J connectivity index is 1.65. The standard InChI is InChI=1S/C18H22N4/c1-3-7-14(8-4-1)13-20-17-18(10-5-2-6-11-18)22-16-15(21-17)9-12-19-16/h1,3-4,7-9,12,19,22H,2,5-6,10-11,13H2,(H,20,21). The zero-order chi connectivity index (χ0) is 14.8. The molecule has 0 unspecified atom stereocenters. The first-order valence-corrected chi connectivity index (χ1v) is 8.17. The smallest absolute Gasteiger partial charge is 0.128 e. The van der Waals surface area contributed by atoms with E-state index < -0.39 is 0 Å². The van der Waals surface area contributed by atoms with Crippen molar-refractivity contribution < 1.29 is 0 Å². The molecule has 1 saturated carbocycles. The van der Waals surface area contributed by atoms with Gasteiger partial charge in [-0.2, -0.15) is 0 Å². The Morgan fingerprint density at radius 3 is 2.64 bits per heavy atom. The van der Waals surface area contributed by atoms with Gasteiger partial charge in [0.05, 0.1) is 17.8 Å². The van der Waals surface area contributed by atoms with Crippen LogP contribution in [0, 0.1) is 0 Å². The van der Waals surface area contributed by atoms with Gasteiger partial charge in [0.1, 0.15) is 11.7 Å². The summed E-state index contributed by atoms with van der Waals surface area (Å²) in [6.45, 7) is 0.729. The van der Waals surface area contributed by atoms with Crippen LogP contribution >= 0.6 is 0 Å². The number of hydrogen-bond donors (Lipinski definition) is 3. The molecule has 0 amide bonds. The van der Waals surface area contributed by atoms with Crippen molar-refractivity contribution in [1.29, 1.82) is 0 Å². The minimum Gasteiger partial charge on any atom is -0.357 e. The van der Waals surface area contributed by atoms with Crippen LogP contribution in [0.4, 0.5) is 11.5 Å². The summed E-state index contributed by atoms with van der Waals surface area (Å²) in [4.78, 5) is 8.23. The zero-order valence-electron chi connectivity index (χ0n) is 12.7. The minimum atomic E-state index is -0.0229. The summed E-state index contributed by atoms with van der Waals surface area (Å²) in [5, 5.41) is 7.29. The highest BCUT2D eigenvalue weighted by molar-refractivity contribution is 6.09. The second-order valence-corrected chi connectivity index (χ2v) is 6.31. The lowest BCUT2D eigenvalue weighted by atomic mass is 9.79. The average Bonchev–Trinajstić information content (AvgIpc) is 3.01. The molecule has 114 valence electrons. The molecule has 1 spiro atoms. The second-order valence-electron chi connectivity index (χ2n) is 6.31. The molecular formula is C18H22N4. The molecular weight excluding hydrogens is 272 g/mol. The Morgan fingerprint density at radius 2 is 1.82 bits per heavy atom. The summed E-state index contributed by atoms with van der Waals surface area (Å²) in [7, 11) is 0. The van der Waals surface area contributed by atoms with Crippen molar-refractivity contribution in [2.45, 2.75) is 44.2 Å².